The number of alkyl halides is 3. The molecule has 2 aromatic carbocycles. The Morgan fingerprint density at radius 3 is 2.16 bits per heavy atom. The molecular formula is C24H21F3N3O. The fourth-order valence-electron chi connectivity index (χ4n) is 3.68. The number of urea groups is 1. The molecular weight excluding hydrogens is 403 g/mol. The predicted molar refractivity (Wildman–Crippen MR) is 115 cm³/mol. The number of nitrogens with one attached hydrogen (secondary N) is 2. The molecule has 31 heavy (non-hydrogen) atoms. The zero-order chi connectivity index (χ0) is 21.8. The highest BCUT2D eigenvalue weighted by atomic mass is 19.4. The van der Waals surface area contributed by atoms with Gasteiger partial charge < -0.3 is 5.32 Å². The molecule has 2 amide bonds. The number of halogens is 3. The van der Waals surface area contributed by atoms with E-state index in [0.717, 1.165) is 23.3 Å². The van der Waals surface area contributed by atoms with Gasteiger partial charge in [-0.25, -0.2) is 9.78 Å². The summed E-state index contributed by atoms with van der Waals surface area (Å²) in [6.07, 6.45) is 2.04. The molecule has 1 saturated carbocycles. The van der Waals surface area contributed by atoms with E-state index in [1.54, 1.807) is 12.3 Å². The lowest BCUT2D eigenvalue weighted by Gasteiger charge is -2.11. The Bertz CT molecular complexity index is 1040. The number of anilines is 2. The first kappa shape index (κ1) is 20.9. The van der Waals surface area contributed by atoms with Crippen LogP contribution in [0.3, 0.4) is 0 Å². The van der Waals surface area contributed by atoms with Gasteiger partial charge in [-0.15, -0.1) is 0 Å². The highest BCUT2D eigenvalue weighted by Crippen LogP contribution is 2.34. The van der Waals surface area contributed by atoms with Gasteiger partial charge >= 0.3 is 12.2 Å². The van der Waals surface area contributed by atoms with Gasteiger partial charge in [-0.05, 0) is 54.3 Å². The highest BCUT2D eigenvalue weighted by Gasteiger charge is 2.30. The Labute approximate surface area is 178 Å². The first-order valence-corrected chi connectivity index (χ1v) is 10.1. The maximum absolute atomic E-state index is 12.8. The summed E-state index contributed by atoms with van der Waals surface area (Å²) in [4.78, 5) is 16.4. The minimum atomic E-state index is -4.47. The van der Waals surface area contributed by atoms with Crippen molar-refractivity contribution in [2.24, 2.45) is 0 Å². The number of amides is 2. The molecule has 0 unspecified atom stereocenters. The number of benzene rings is 2. The van der Waals surface area contributed by atoms with E-state index >= 15 is 0 Å². The number of nitrogens with zero attached hydrogens (tertiary/aromatic N) is 1. The van der Waals surface area contributed by atoms with Crippen molar-refractivity contribution in [1.29, 1.82) is 0 Å². The molecule has 1 heterocycles. The maximum atomic E-state index is 12.8. The zero-order valence-electron chi connectivity index (χ0n) is 16.7. The molecule has 0 atom stereocenters. The van der Waals surface area contributed by atoms with E-state index in [4.69, 9.17) is 0 Å². The van der Waals surface area contributed by atoms with Crippen molar-refractivity contribution < 1.29 is 18.0 Å². The largest absolute Gasteiger partial charge is 0.416 e. The van der Waals surface area contributed by atoms with Crippen molar-refractivity contribution in [3.63, 3.8) is 0 Å². The number of rotatable bonds is 4. The maximum Gasteiger partial charge on any atom is 0.416 e. The number of hydrogen-bond donors (Lipinski definition) is 2. The molecule has 0 saturated heterocycles. The number of carbonyl (C=O) groups is 1. The third kappa shape index (κ3) is 5.23. The molecule has 0 spiro atoms. The van der Waals surface area contributed by atoms with Crippen LogP contribution in [0.2, 0.25) is 0 Å². The van der Waals surface area contributed by atoms with Crippen LogP contribution in [0.5, 0.6) is 0 Å². The van der Waals surface area contributed by atoms with Gasteiger partial charge in [-0.2, -0.15) is 13.2 Å². The van der Waals surface area contributed by atoms with Crippen LogP contribution < -0.4 is 10.6 Å². The molecule has 3 aromatic rings. The molecule has 0 bridgehead atoms. The Balaban J connectivity index is 1.37. The normalized spacial score (nSPS) is 14.4. The molecule has 1 fully saturated rings. The molecule has 159 valence electrons. The number of carbonyl (C=O) groups excluding carboxylic acids is 1. The predicted octanol–water partition coefficient (Wildman–Crippen LogP) is 6.91. The quantitative estimate of drug-likeness (QED) is 0.478. The summed E-state index contributed by atoms with van der Waals surface area (Å²) >= 11 is 0. The van der Waals surface area contributed by atoms with Crippen molar-refractivity contribution in [2.75, 3.05) is 10.6 Å². The summed E-state index contributed by atoms with van der Waals surface area (Å²) in [5.41, 5.74) is 2.44. The molecule has 2 N–H and O–H groups in total. The van der Waals surface area contributed by atoms with Gasteiger partial charge in [-0.3, -0.25) is 5.32 Å². The van der Waals surface area contributed by atoms with E-state index in [0.29, 0.717) is 5.82 Å². The van der Waals surface area contributed by atoms with Crippen molar-refractivity contribution in [1.82, 2.24) is 4.98 Å². The lowest BCUT2D eigenvalue weighted by Crippen LogP contribution is -2.20. The molecule has 1 aliphatic rings. The first-order valence-electron chi connectivity index (χ1n) is 10.1. The van der Waals surface area contributed by atoms with E-state index in [9.17, 15) is 18.0 Å². The second kappa shape index (κ2) is 8.79. The van der Waals surface area contributed by atoms with Gasteiger partial charge in [0.15, 0.2) is 0 Å². The van der Waals surface area contributed by atoms with Crippen LogP contribution in [-0.4, -0.2) is 11.0 Å². The standard InChI is InChI=1S/C24H21F3N3O/c25-24(26,27)20-6-3-7-21(14-20)29-23(31)30-22-13-12-19(15-28-22)18-10-8-17(9-11-18)16-4-1-2-5-16/h3,6-15H,1-2,4-5H2,(H2,28,29,30,31). The average Bonchev–Trinajstić information content (AvgIpc) is 3.29. The van der Waals surface area contributed by atoms with Crippen LogP contribution in [0.25, 0.3) is 11.1 Å². The number of aromatic nitrogens is 1. The second-order valence-electron chi connectivity index (χ2n) is 7.48. The van der Waals surface area contributed by atoms with E-state index < -0.39 is 17.8 Å². The smallest absolute Gasteiger partial charge is 0.308 e. The van der Waals surface area contributed by atoms with Crippen LogP contribution in [-0.2, 0) is 6.18 Å². The summed E-state index contributed by atoms with van der Waals surface area (Å²) in [6.45, 7) is 0. The third-order valence-corrected chi connectivity index (χ3v) is 5.29. The fourth-order valence-corrected chi connectivity index (χ4v) is 3.68. The van der Waals surface area contributed by atoms with Gasteiger partial charge in [0.2, 0.25) is 0 Å². The highest BCUT2D eigenvalue weighted by molar-refractivity contribution is 5.99. The Morgan fingerprint density at radius 2 is 1.52 bits per heavy atom. The molecule has 4 nitrogen and oxygen atoms in total. The molecule has 4 rings (SSSR count). The molecule has 1 aromatic heterocycles. The van der Waals surface area contributed by atoms with Crippen LogP contribution in [0.4, 0.5) is 29.5 Å². The summed E-state index contributed by atoms with van der Waals surface area (Å²) < 4.78 is 38.4. The van der Waals surface area contributed by atoms with E-state index in [2.05, 4.69) is 39.9 Å². The minimum absolute atomic E-state index is 0.0455. The van der Waals surface area contributed by atoms with Gasteiger partial charge in [0.05, 0.1) is 5.56 Å². The monoisotopic (exact) mass is 424 g/mol. The second-order valence-corrected chi connectivity index (χ2v) is 7.48. The average molecular weight is 424 g/mol. The summed E-state index contributed by atoms with van der Waals surface area (Å²) in [5.74, 6) is 1.81. The Kier molecular flexibility index (Phi) is 5.93. The molecule has 0 aliphatic heterocycles. The fraction of sp³-hybridized carbons (Fsp3) is 0.208. The van der Waals surface area contributed by atoms with Crippen LogP contribution in [0, 0.1) is 5.92 Å². The van der Waals surface area contributed by atoms with Crippen molar-refractivity contribution in [3.05, 3.63) is 83.9 Å². The lowest BCUT2D eigenvalue weighted by atomic mass is 9.95. The zero-order valence-corrected chi connectivity index (χ0v) is 16.7. The topological polar surface area (TPSA) is 54.0 Å². The van der Waals surface area contributed by atoms with E-state index in [1.807, 2.05) is 6.07 Å². The minimum Gasteiger partial charge on any atom is -0.308 e. The summed E-state index contributed by atoms with van der Waals surface area (Å²) in [5, 5.41) is 4.92. The van der Waals surface area contributed by atoms with Gasteiger partial charge in [0.25, 0.3) is 0 Å². The molecule has 1 radical (unpaired) electrons. The van der Waals surface area contributed by atoms with Crippen molar-refractivity contribution in [2.45, 2.75) is 31.9 Å². The van der Waals surface area contributed by atoms with Crippen molar-refractivity contribution in [3.8, 4) is 11.1 Å². The van der Waals surface area contributed by atoms with E-state index in [1.165, 1.54) is 49.3 Å². The van der Waals surface area contributed by atoms with Crippen LogP contribution in [0.15, 0.2) is 66.9 Å². The summed E-state index contributed by atoms with van der Waals surface area (Å²) in [6, 6.07) is 15.7. The van der Waals surface area contributed by atoms with E-state index in [-0.39, 0.29) is 5.69 Å². The summed E-state index contributed by atoms with van der Waals surface area (Å²) in [7, 11) is 0. The SMILES string of the molecule is O=C(Nc1cccc(C(F)(F)F)c1)Nc1ccc(-c2ccc([C]3CCCC3)cc2)cn1. The van der Waals surface area contributed by atoms with Crippen LogP contribution >= 0.6 is 0 Å². The van der Waals surface area contributed by atoms with Gasteiger partial charge in [0, 0.05) is 23.4 Å². The first-order chi connectivity index (χ1) is 14.9. The Morgan fingerprint density at radius 1 is 0.839 bits per heavy atom. The Hall–Kier alpha value is -3.35. The molecule has 1 aliphatic carbocycles. The van der Waals surface area contributed by atoms with Crippen molar-refractivity contribution >= 4 is 17.5 Å². The number of hydrogen-bond acceptors (Lipinski definition) is 2. The van der Waals surface area contributed by atoms with Gasteiger partial charge in [0.1, 0.15) is 5.82 Å². The number of pyridine rings is 1. The van der Waals surface area contributed by atoms with Crippen LogP contribution in [0.1, 0.15) is 36.8 Å². The molecule has 7 heteroatoms. The van der Waals surface area contributed by atoms with Gasteiger partial charge in [-0.1, -0.05) is 43.2 Å². The lowest BCUT2D eigenvalue weighted by molar-refractivity contribution is -0.137. The third-order valence-electron chi connectivity index (χ3n) is 5.29.